The predicted octanol–water partition coefficient (Wildman–Crippen LogP) is 5.40. The molecule has 2 nitrogen and oxygen atoms in total. The standard InChI is InChI=1S/C18H16Cl2O2/c1-11-9-16(13-3-2-4-15(20)10-13)17(22-18(11)21)12-5-7-14(19)8-6-12/h2-8,10-11,16-17H,9H2,1H3/t11?,16-,17+/m0/s1. The number of cyclic esters (lactones) is 1. The molecule has 1 saturated heterocycles. The van der Waals surface area contributed by atoms with Crippen molar-refractivity contribution in [1.82, 2.24) is 0 Å². The van der Waals surface area contributed by atoms with Gasteiger partial charge in [-0.2, -0.15) is 0 Å². The van der Waals surface area contributed by atoms with E-state index in [0.717, 1.165) is 17.5 Å². The minimum absolute atomic E-state index is 0.0903. The van der Waals surface area contributed by atoms with E-state index in [-0.39, 0.29) is 23.9 Å². The number of carbonyl (C=O) groups is 1. The second kappa shape index (κ2) is 6.31. The fourth-order valence-corrected chi connectivity index (χ4v) is 3.25. The zero-order chi connectivity index (χ0) is 15.7. The number of halogens is 2. The highest BCUT2D eigenvalue weighted by atomic mass is 35.5. The number of esters is 1. The first-order chi connectivity index (χ1) is 10.5. The largest absolute Gasteiger partial charge is 0.457 e. The lowest BCUT2D eigenvalue weighted by molar-refractivity contribution is -0.162. The zero-order valence-corrected chi connectivity index (χ0v) is 13.6. The summed E-state index contributed by atoms with van der Waals surface area (Å²) in [5.74, 6) is -0.182. The first-order valence-electron chi connectivity index (χ1n) is 7.26. The van der Waals surface area contributed by atoms with Crippen LogP contribution in [0.4, 0.5) is 0 Å². The minimum atomic E-state index is -0.306. The molecule has 0 N–H and O–H groups in total. The van der Waals surface area contributed by atoms with Gasteiger partial charge in [0.05, 0.1) is 5.92 Å². The third-order valence-corrected chi connectivity index (χ3v) is 4.58. The highest BCUT2D eigenvalue weighted by Crippen LogP contribution is 2.43. The Kier molecular flexibility index (Phi) is 4.42. The summed E-state index contributed by atoms with van der Waals surface area (Å²) in [7, 11) is 0. The summed E-state index contributed by atoms with van der Waals surface area (Å²) < 4.78 is 5.71. The number of benzene rings is 2. The molecule has 1 fully saturated rings. The van der Waals surface area contributed by atoms with Crippen LogP contribution in [0.3, 0.4) is 0 Å². The van der Waals surface area contributed by atoms with Gasteiger partial charge in [0.15, 0.2) is 0 Å². The topological polar surface area (TPSA) is 26.3 Å². The molecule has 0 saturated carbocycles. The van der Waals surface area contributed by atoms with E-state index >= 15 is 0 Å². The maximum atomic E-state index is 12.0. The Labute approximate surface area is 140 Å². The Morgan fingerprint density at radius 2 is 1.73 bits per heavy atom. The highest BCUT2D eigenvalue weighted by Gasteiger charge is 2.37. The number of carbonyl (C=O) groups excluding carboxylic acids is 1. The third-order valence-electron chi connectivity index (χ3n) is 4.09. The molecule has 0 spiro atoms. The second-order valence-corrected chi connectivity index (χ2v) is 6.58. The lowest BCUT2D eigenvalue weighted by Gasteiger charge is -2.35. The summed E-state index contributed by atoms with van der Waals surface area (Å²) in [6.07, 6.45) is 0.436. The quantitative estimate of drug-likeness (QED) is 0.687. The smallest absolute Gasteiger partial charge is 0.309 e. The van der Waals surface area contributed by atoms with E-state index < -0.39 is 0 Å². The molecule has 4 heteroatoms. The van der Waals surface area contributed by atoms with E-state index in [1.165, 1.54) is 0 Å². The van der Waals surface area contributed by atoms with Crippen molar-refractivity contribution in [3.8, 4) is 0 Å². The van der Waals surface area contributed by atoms with Crippen LogP contribution >= 0.6 is 23.2 Å². The van der Waals surface area contributed by atoms with Gasteiger partial charge in [-0.15, -0.1) is 0 Å². The maximum absolute atomic E-state index is 12.0. The van der Waals surface area contributed by atoms with Gasteiger partial charge in [0, 0.05) is 16.0 Å². The van der Waals surface area contributed by atoms with Crippen molar-refractivity contribution in [2.24, 2.45) is 5.92 Å². The fraction of sp³-hybridized carbons (Fsp3) is 0.278. The number of ether oxygens (including phenoxy) is 1. The molecule has 0 bridgehead atoms. The van der Waals surface area contributed by atoms with Crippen molar-refractivity contribution in [1.29, 1.82) is 0 Å². The van der Waals surface area contributed by atoms with Crippen molar-refractivity contribution in [3.05, 3.63) is 69.7 Å². The van der Waals surface area contributed by atoms with E-state index in [1.54, 1.807) is 0 Å². The van der Waals surface area contributed by atoms with Crippen molar-refractivity contribution in [3.63, 3.8) is 0 Å². The van der Waals surface area contributed by atoms with Gasteiger partial charge in [-0.1, -0.05) is 54.4 Å². The van der Waals surface area contributed by atoms with Crippen LogP contribution < -0.4 is 0 Å². The minimum Gasteiger partial charge on any atom is -0.457 e. The maximum Gasteiger partial charge on any atom is 0.309 e. The van der Waals surface area contributed by atoms with E-state index in [0.29, 0.717) is 10.0 Å². The Morgan fingerprint density at radius 1 is 1.00 bits per heavy atom. The van der Waals surface area contributed by atoms with Crippen molar-refractivity contribution in [2.45, 2.75) is 25.4 Å². The van der Waals surface area contributed by atoms with Gasteiger partial charge >= 0.3 is 5.97 Å². The molecule has 114 valence electrons. The molecule has 1 aliphatic rings. The molecular weight excluding hydrogens is 319 g/mol. The van der Waals surface area contributed by atoms with Gasteiger partial charge < -0.3 is 4.74 Å². The molecule has 2 aromatic carbocycles. The molecular formula is C18H16Cl2O2. The van der Waals surface area contributed by atoms with E-state index in [9.17, 15) is 4.79 Å². The Bertz CT molecular complexity index is 682. The average molecular weight is 335 g/mol. The number of hydrogen-bond donors (Lipinski definition) is 0. The van der Waals surface area contributed by atoms with Crippen LogP contribution in [0, 0.1) is 5.92 Å². The highest BCUT2D eigenvalue weighted by molar-refractivity contribution is 6.30. The monoisotopic (exact) mass is 334 g/mol. The van der Waals surface area contributed by atoms with E-state index in [4.69, 9.17) is 27.9 Å². The van der Waals surface area contributed by atoms with Gasteiger partial charge in [-0.3, -0.25) is 4.79 Å². The summed E-state index contributed by atoms with van der Waals surface area (Å²) in [6, 6.07) is 15.2. The van der Waals surface area contributed by atoms with Crippen LogP contribution in [0.5, 0.6) is 0 Å². The summed E-state index contributed by atoms with van der Waals surface area (Å²) in [4.78, 5) is 12.0. The molecule has 0 aliphatic carbocycles. The lowest BCUT2D eigenvalue weighted by atomic mass is 9.80. The van der Waals surface area contributed by atoms with Gasteiger partial charge in [-0.05, 0) is 41.8 Å². The molecule has 0 amide bonds. The van der Waals surface area contributed by atoms with Crippen LogP contribution in [-0.4, -0.2) is 5.97 Å². The van der Waals surface area contributed by atoms with Crippen LogP contribution in [0.15, 0.2) is 48.5 Å². The van der Waals surface area contributed by atoms with Crippen LogP contribution in [-0.2, 0) is 9.53 Å². The fourth-order valence-electron chi connectivity index (χ4n) is 2.93. The first kappa shape index (κ1) is 15.4. The Morgan fingerprint density at radius 3 is 2.41 bits per heavy atom. The zero-order valence-electron chi connectivity index (χ0n) is 12.1. The Balaban J connectivity index is 1.99. The third kappa shape index (κ3) is 3.13. The SMILES string of the molecule is CC1C[C@@H](c2cccc(Cl)c2)[C@@H](c2ccc(Cl)cc2)OC1=O. The van der Waals surface area contributed by atoms with Gasteiger partial charge in [0.2, 0.25) is 0 Å². The second-order valence-electron chi connectivity index (χ2n) is 5.71. The van der Waals surface area contributed by atoms with Crippen LogP contribution in [0.25, 0.3) is 0 Å². The average Bonchev–Trinajstić information content (AvgIpc) is 2.50. The summed E-state index contributed by atoms with van der Waals surface area (Å²) in [5, 5.41) is 1.36. The normalized spacial score (nSPS) is 24.9. The summed E-state index contributed by atoms with van der Waals surface area (Å²) in [5.41, 5.74) is 2.04. The molecule has 0 aromatic heterocycles. The van der Waals surface area contributed by atoms with Gasteiger partial charge in [0.25, 0.3) is 0 Å². The summed E-state index contributed by atoms with van der Waals surface area (Å²) in [6.45, 7) is 1.90. The first-order valence-corrected chi connectivity index (χ1v) is 8.01. The van der Waals surface area contributed by atoms with Crippen molar-refractivity contribution < 1.29 is 9.53 Å². The summed E-state index contributed by atoms with van der Waals surface area (Å²) >= 11 is 12.1. The van der Waals surface area contributed by atoms with E-state index in [2.05, 4.69) is 0 Å². The molecule has 1 heterocycles. The molecule has 3 rings (SSSR count). The van der Waals surface area contributed by atoms with E-state index in [1.807, 2.05) is 55.5 Å². The van der Waals surface area contributed by atoms with Crippen LogP contribution in [0.2, 0.25) is 10.0 Å². The molecule has 2 aromatic rings. The predicted molar refractivity (Wildman–Crippen MR) is 88.3 cm³/mol. The molecule has 3 atom stereocenters. The van der Waals surface area contributed by atoms with Crippen molar-refractivity contribution >= 4 is 29.2 Å². The molecule has 0 radical (unpaired) electrons. The molecule has 1 unspecified atom stereocenters. The number of hydrogen-bond acceptors (Lipinski definition) is 2. The van der Waals surface area contributed by atoms with Crippen LogP contribution in [0.1, 0.15) is 36.5 Å². The molecule has 1 aliphatic heterocycles. The number of rotatable bonds is 2. The Hall–Kier alpha value is -1.51. The van der Waals surface area contributed by atoms with Gasteiger partial charge in [-0.25, -0.2) is 0 Å². The van der Waals surface area contributed by atoms with Gasteiger partial charge in [0.1, 0.15) is 6.10 Å². The molecule has 22 heavy (non-hydrogen) atoms. The van der Waals surface area contributed by atoms with Crippen molar-refractivity contribution in [2.75, 3.05) is 0 Å². The lowest BCUT2D eigenvalue weighted by Crippen LogP contribution is -2.30.